The van der Waals surface area contributed by atoms with Crippen LogP contribution in [0.3, 0.4) is 0 Å². The first-order valence-corrected chi connectivity index (χ1v) is 2.08. The predicted octanol–water partition coefficient (Wildman–Crippen LogP) is 0.794. The summed E-state index contributed by atoms with van der Waals surface area (Å²) < 4.78 is 4.94. The summed E-state index contributed by atoms with van der Waals surface area (Å²) >= 11 is 0. The van der Waals surface area contributed by atoms with E-state index in [9.17, 15) is 0 Å². The third-order valence-corrected chi connectivity index (χ3v) is 0.827. The molecule has 0 N–H and O–H groups in total. The van der Waals surface area contributed by atoms with Crippen LogP contribution >= 0.6 is 0 Å². The Morgan fingerprint density at radius 1 is 1.00 bits per heavy atom. The van der Waals surface area contributed by atoms with Crippen molar-refractivity contribution in [2.45, 2.75) is 12.8 Å². The molecule has 1 radical (unpaired) electrons. The fourth-order valence-electron chi connectivity index (χ4n) is 0.510. The molecular formula is C4H8NbO. The molecule has 0 bridgehead atoms. The minimum absolute atomic E-state index is 0. The van der Waals surface area contributed by atoms with Crippen LogP contribution in [0.4, 0.5) is 0 Å². The summed E-state index contributed by atoms with van der Waals surface area (Å²) in [4.78, 5) is 0. The van der Waals surface area contributed by atoms with Gasteiger partial charge in [-0.1, -0.05) is 0 Å². The number of ether oxygens (including phenoxy) is 1. The molecule has 0 amide bonds. The third-order valence-electron chi connectivity index (χ3n) is 0.827. The maximum Gasteiger partial charge on any atom is 0.0466 e. The van der Waals surface area contributed by atoms with E-state index in [0.717, 1.165) is 13.2 Å². The summed E-state index contributed by atoms with van der Waals surface area (Å²) in [5.41, 5.74) is 0. The fourth-order valence-corrected chi connectivity index (χ4v) is 0.510. The SMILES string of the molecule is C1CCOC1.[Nb]. The zero-order valence-electron chi connectivity index (χ0n) is 3.68. The zero-order valence-corrected chi connectivity index (χ0v) is 5.88. The zero-order chi connectivity index (χ0) is 3.54. The quantitative estimate of drug-likeness (QED) is 0.482. The molecule has 1 aliphatic rings. The second-order valence-electron chi connectivity index (χ2n) is 1.32. The van der Waals surface area contributed by atoms with Crippen molar-refractivity contribution in [2.24, 2.45) is 0 Å². The number of hydrogen-bond donors (Lipinski definition) is 0. The molecule has 1 aliphatic heterocycles. The Morgan fingerprint density at radius 3 is 1.67 bits per heavy atom. The van der Waals surface area contributed by atoms with Crippen molar-refractivity contribution in [3.63, 3.8) is 0 Å². The molecular weight excluding hydrogens is 157 g/mol. The van der Waals surface area contributed by atoms with Crippen LogP contribution in [0, 0.1) is 0 Å². The fraction of sp³-hybridized carbons (Fsp3) is 1.00. The Bertz CT molecular complexity index is 19.1. The average molecular weight is 165 g/mol. The van der Waals surface area contributed by atoms with Gasteiger partial charge in [0.15, 0.2) is 0 Å². The molecule has 1 heterocycles. The van der Waals surface area contributed by atoms with E-state index in [4.69, 9.17) is 4.74 Å². The van der Waals surface area contributed by atoms with E-state index in [1.165, 1.54) is 12.8 Å². The standard InChI is InChI=1S/C4H8O.Nb/c1-2-4-5-3-1;/h1-4H2;. The molecule has 6 heavy (non-hydrogen) atoms. The molecule has 0 aromatic heterocycles. The van der Waals surface area contributed by atoms with Crippen LogP contribution in [0.2, 0.25) is 0 Å². The Balaban J connectivity index is 0.000000250. The second-order valence-corrected chi connectivity index (χ2v) is 1.32. The molecule has 0 aliphatic carbocycles. The van der Waals surface area contributed by atoms with E-state index in [0.29, 0.717) is 0 Å². The molecule has 1 rings (SSSR count). The molecule has 1 saturated heterocycles. The molecule has 0 aromatic rings. The maximum absolute atomic E-state index is 4.94. The molecule has 0 atom stereocenters. The Hall–Kier alpha value is 0.700. The summed E-state index contributed by atoms with van der Waals surface area (Å²) in [6, 6.07) is 0. The van der Waals surface area contributed by atoms with Gasteiger partial charge in [-0.2, -0.15) is 0 Å². The van der Waals surface area contributed by atoms with Gasteiger partial charge in [-0.15, -0.1) is 0 Å². The van der Waals surface area contributed by atoms with Gasteiger partial charge in [0.25, 0.3) is 0 Å². The summed E-state index contributed by atoms with van der Waals surface area (Å²) in [6.07, 6.45) is 2.56. The molecule has 0 unspecified atom stereocenters. The van der Waals surface area contributed by atoms with Gasteiger partial charge in [0, 0.05) is 35.6 Å². The van der Waals surface area contributed by atoms with Crippen molar-refractivity contribution >= 4 is 0 Å². The monoisotopic (exact) mass is 165 g/mol. The molecule has 35 valence electrons. The summed E-state index contributed by atoms with van der Waals surface area (Å²) in [6.45, 7) is 2.00. The van der Waals surface area contributed by atoms with Crippen molar-refractivity contribution in [3.8, 4) is 0 Å². The van der Waals surface area contributed by atoms with Crippen LogP contribution in [0.1, 0.15) is 12.8 Å². The van der Waals surface area contributed by atoms with Crippen molar-refractivity contribution in [1.82, 2.24) is 0 Å². The summed E-state index contributed by atoms with van der Waals surface area (Å²) in [7, 11) is 0. The van der Waals surface area contributed by atoms with E-state index in [2.05, 4.69) is 0 Å². The van der Waals surface area contributed by atoms with Crippen LogP contribution in [0.25, 0.3) is 0 Å². The van der Waals surface area contributed by atoms with E-state index >= 15 is 0 Å². The van der Waals surface area contributed by atoms with Crippen molar-refractivity contribution in [2.75, 3.05) is 13.2 Å². The predicted molar refractivity (Wildman–Crippen MR) is 20.1 cm³/mol. The molecule has 1 fully saturated rings. The largest absolute Gasteiger partial charge is 0.381 e. The van der Waals surface area contributed by atoms with Crippen LogP contribution < -0.4 is 0 Å². The first-order chi connectivity index (χ1) is 2.50. The van der Waals surface area contributed by atoms with E-state index in [1.54, 1.807) is 0 Å². The van der Waals surface area contributed by atoms with Gasteiger partial charge < -0.3 is 4.74 Å². The van der Waals surface area contributed by atoms with Gasteiger partial charge in [-0.05, 0) is 12.8 Å². The van der Waals surface area contributed by atoms with Gasteiger partial charge >= 0.3 is 0 Å². The van der Waals surface area contributed by atoms with Gasteiger partial charge in [0.1, 0.15) is 0 Å². The molecule has 0 saturated carbocycles. The topological polar surface area (TPSA) is 9.23 Å². The third kappa shape index (κ3) is 1.98. The maximum atomic E-state index is 4.94. The molecule has 1 nitrogen and oxygen atoms in total. The van der Waals surface area contributed by atoms with Crippen molar-refractivity contribution in [1.29, 1.82) is 0 Å². The first kappa shape index (κ1) is 6.70. The summed E-state index contributed by atoms with van der Waals surface area (Å²) in [5, 5.41) is 0. The van der Waals surface area contributed by atoms with E-state index < -0.39 is 0 Å². The van der Waals surface area contributed by atoms with Crippen molar-refractivity contribution in [3.05, 3.63) is 0 Å². The smallest absolute Gasteiger partial charge is 0.0466 e. The van der Waals surface area contributed by atoms with Gasteiger partial charge in [0.2, 0.25) is 0 Å². The molecule has 2 heteroatoms. The van der Waals surface area contributed by atoms with Crippen LogP contribution in [-0.4, -0.2) is 13.2 Å². The number of rotatable bonds is 0. The average Bonchev–Trinajstić information content (AvgIpc) is 1.76. The van der Waals surface area contributed by atoms with E-state index in [-0.39, 0.29) is 22.4 Å². The van der Waals surface area contributed by atoms with Crippen LogP contribution in [0.15, 0.2) is 0 Å². The first-order valence-electron chi connectivity index (χ1n) is 2.08. The second kappa shape index (κ2) is 3.88. The number of hydrogen-bond acceptors (Lipinski definition) is 1. The van der Waals surface area contributed by atoms with Crippen LogP contribution in [0.5, 0.6) is 0 Å². The molecule has 0 aromatic carbocycles. The Morgan fingerprint density at radius 2 is 1.50 bits per heavy atom. The van der Waals surface area contributed by atoms with Crippen molar-refractivity contribution < 1.29 is 27.1 Å². The van der Waals surface area contributed by atoms with Gasteiger partial charge in [0.05, 0.1) is 0 Å². The molecule has 0 spiro atoms. The minimum Gasteiger partial charge on any atom is -0.381 e. The van der Waals surface area contributed by atoms with Gasteiger partial charge in [-0.3, -0.25) is 0 Å². The Labute approximate surface area is 53.6 Å². The van der Waals surface area contributed by atoms with Crippen LogP contribution in [-0.2, 0) is 27.1 Å². The minimum atomic E-state index is 0. The normalized spacial score (nSPS) is 20.0. The Kier molecular flexibility index (Phi) is 4.33. The van der Waals surface area contributed by atoms with E-state index in [1.807, 2.05) is 0 Å². The van der Waals surface area contributed by atoms with Gasteiger partial charge in [-0.25, -0.2) is 0 Å². The summed E-state index contributed by atoms with van der Waals surface area (Å²) in [5.74, 6) is 0.